The van der Waals surface area contributed by atoms with Gasteiger partial charge in [-0.1, -0.05) is 75.1 Å². The molecule has 3 aliphatic heterocycles. The SMILES string of the molecule is CCC1=C(C/C=C(\CC)CP(O)O)C(O)=C2C(=O)OCC2C1C.CCc1c(C)c2c(c(O)c1C/C=C(\C)CNCCP(O)O)C(=O)OC2.CCc1c(C)c2c(c(O)c1C/C=C(\C)CP(O)OC)C(=O)OC2. The number of rotatable bonds is 20. The summed E-state index contributed by atoms with van der Waals surface area (Å²) in [7, 11) is -3.77. The first kappa shape index (κ1) is 59.5. The summed E-state index contributed by atoms with van der Waals surface area (Å²) in [6.45, 7) is 20.0. The zero-order valence-corrected chi connectivity index (χ0v) is 45.5. The van der Waals surface area contributed by atoms with Crippen molar-refractivity contribution in [3.63, 3.8) is 0 Å². The summed E-state index contributed by atoms with van der Waals surface area (Å²) in [5.74, 6) is -1.07. The monoisotopic (exact) mass is 1050 g/mol. The Bertz CT molecular complexity index is 2440. The number of carbonyl (C=O) groups is 3. The minimum absolute atomic E-state index is 0.0343. The molecule has 0 spiro atoms. The van der Waals surface area contributed by atoms with Crippen LogP contribution < -0.4 is 5.32 Å². The molecule has 3 unspecified atom stereocenters. The van der Waals surface area contributed by atoms with E-state index in [0.717, 1.165) is 98.1 Å². The van der Waals surface area contributed by atoms with Crippen molar-refractivity contribution in [2.75, 3.05) is 45.3 Å². The molecule has 1 fully saturated rings. The molecule has 71 heavy (non-hydrogen) atoms. The number of aliphatic hydroxyl groups excluding tert-OH is 1. The first-order chi connectivity index (χ1) is 33.7. The lowest BCUT2D eigenvalue weighted by Crippen LogP contribution is -2.24. The Morgan fingerprint density at radius 1 is 0.704 bits per heavy atom. The number of cyclic esters (lactones) is 3. The van der Waals surface area contributed by atoms with Crippen LogP contribution >= 0.6 is 25.1 Å². The van der Waals surface area contributed by atoms with Crippen molar-refractivity contribution in [2.45, 2.75) is 120 Å². The minimum Gasteiger partial charge on any atom is -0.507 e. The fourth-order valence-electron chi connectivity index (χ4n) is 9.60. The Kier molecular flexibility index (Phi) is 23.4. The number of carbonyl (C=O) groups excluding carboxylic acids is 3. The number of fused-ring (bicyclic) bond motifs is 3. The second kappa shape index (κ2) is 27.9. The average Bonchev–Trinajstić information content (AvgIpc) is 4.05. The van der Waals surface area contributed by atoms with Crippen molar-refractivity contribution in [1.82, 2.24) is 5.32 Å². The molecule has 4 aliphatic rings. The van der Waals surface area contributed by atoms with Crippen molar-refractivity contribution in [3.05, 3.63) is 113 Å². The maximum absolute atomic E-state index is 11.9. The Labute approximate surface area is 421 Å². The van der Waals surface area contributed by atoms with Gasteiger partial charge in [0.05, 0.1) is 12.2 Å². The summed E-state index contributed by atoms with van der Waals surface area (Å²) in [6.07, 6.45) is 11.6. The van der Waals surface area contributed by atoms with Crippen LogP contribution in [0.15, 0.2) is 57.4 Å². The summed E-state index contributed by atoms with van der Waals surface area (Å²) in [5.41, 5.74) is 13.3. The molecule has 0 amide bonds. The van der Waals surface area contributed by atoms with Crippen LogP contribution in [0, 0.1) is 25.7 Å². The van der Waals surface area contributed by atoms with E-state index in [1.165, 1.54) is 7.11 Å². The number of ether oxygens (including phenoxy) is 3. The Balaban J connectivity index is 0.000000232. The molecule has 6 rings (SSSR count). The van der Waals surface area contributed by atoms with Crippen molar-refractivity contribution in [1.29, 1.82) is 0 Å². The van der Waals surface area contributed by atoms with Gasteiger partial charge in [-0.3, -0.25) is 0 Å². The molecule has 0 aromatic heterocycles. The van der Waals surface area contributed by atoms with E-state index in [1.54, 1.807) is 0 Å². The average molecular weight is 1050 g/mol. The normalized spacial score (nSPS) is 18.2. The third-order valence-electron chi connectivity index (χ3n) is 13.6. The maximum Gasteiger partial charge on any atom is 0.342 e. The lowest BCUT2D eigenvalue weighted by atomic mass is 9.74. The molecule has 0 radical (unpaired) electrons. The largest absolute Gasteiger partial charge is 0.507 e. The molecule has 3 atom stereocenters. The first-order valence-corrected chi connectivity index (χ1v) is 28.3. The Morgan fingerprint density at radius 2 is 1.24 bits per heavy atom. The fourth-order valence-corrected chi connectivity index (χ4v) is 11.4. The van der Waals surface area contributed by atoms with E-state index in [0.29, 0.717) is 68.0 Å². The van der Waals surface area contributed by atoms with Crippen LogP contribution in [-0.2, 0) is 62.4 Å². The zero-order chi connectivity index (χ0) is 52.9. The zero-order valence-electron chi connectivity index (χ0n) is 42.8. The molecular weight excluding hydrogens is 971 g/mol. The highest BCUT2D eigenvalue weighted by Gasteiger charge is 2.43. The van der Waals surface area contributed by atoms with Crippen LogP contribution in [0.3, 0.4) is 0 Å². The summed E-state index contributed by atoms with van der Waals surface area (Å²) in [6, 6.07) is 0. The molecule has 2 aromatic rings. The third-order valence-corrected chi connectivity index (χ3v) is 16.1. The molecule has 3 heterocycles. The molecule has 1 aliphatic carbocycles. The van der Waals surface area contributed by atoms with E-state index in [4.69, 9.17) is 28.5 Å². The van der Waals surface area contributed by atoms with E-state index in [2.05, 4.69) is 12.2 Å². The van der Waals surface area contributed by atoms with Gasteiger partial charge in [0.15, 0.2) is 25.1 Å². The van der Waals surface area contributed by atoms with E-state index < -0.39 is 43.0 Å². The van der Waals surface area contributed by atoms with Gasteiger partial charge in [-0.2, -0.15) is 0 Å². The highest BCUT2D eigenvalue weighted by Crippen LogP contribution is 2.45. The quantitative estimate of drug-likeness (QED) is 0.0197. The Hall–Kier alpha value is -4.04. The van der Waals surface area contributed by atoms with Gasteiger partial charge in [-0.25, -0.2) is 14.4 Å². The highest BCUT2D eigenvalue weighted by molar-refractivity contribution is 7.46. The van der Waals surface area contributed by atoms with Gasteiger partial charge in [-0.05, 0) is 106 Å². The summed E-state index contributed by atoms with van der Waals surface area (Å²) in [5, 5.41) is 34.9. The second-order valence-electron chi connectivity index (χ2n) is 18.0. The van der Waals surface area contributed by atoms with E-state index in [-0.39, 0.29) is 48.5 Å². The third kappa shape index (κ3) is 14.8. The smallest absolute Gasteiger partial charge is 0.342 e. The predicted molar refractivity (Wildman–Crippen MR) is 278 cm³/mol. The number of hydrogen-bond acceptors (Lipinski definition) is 16. The van der Waals surface area contributed by atoms with Crippen LogP contribution in [-0.4, -0.2) is 103 Å². The molecule has 1 saturated heterocycles. The Morgan fingerprint density at radius 3 is 1.70 bits per heavy atom. The van der Waals surface area contributed by atoms with Gasteiger partial charge in [0.1, 0.15) is 41.6 Å². The number of benzene rings is 2. The van der Waals surface area contributed by atoms with Crippen LogP contribution in [0.25, 0.3) is 0 Å². The topological polar surface area (TPSA) is 262 Å². The molecule has 392 valence electrons. The van der Waals surface area contributed by atoms with Crippen molar-refractivity contribution < 1.29 is 72.9 Å². The number of aromatic hydroxyl groups is 2. The van der Waals surface area contributed by atoms with Crippen LogP contribution in [0.4, 0.5) is 0 Å². The number of phenolic OH excluding ortho intramolecular Hbond substituents is 2. The summed E-state index contributed by atoms with van der Waals surface area (Å²) in [4.78, 5) is 81.4. The lowest BCUT2D eigenvalue weighted by Gasteiger charge is -2.29. The van der Waals surface area contributed by atoms with Gasteiger partial charge in [0.2, 0.25) is 0 Å². The van der Waals surface area contributed by atoms with Crippen molar-refractivity contribution in [3.8, 4) is 11.5 Å². The number of allylic oxidation sites excluding steroid dienone is 7. The molecule has 0 saturated carbocycles. The van der Waals surface area contributed by atoms with E-state index >= 15 is 0 Å². The number of esters is 3. The molecule has 0 bridgehead atoms. The van der Waals surface area contributed by atoms with Gasteiger partial charge in [-0.15, -0.1) is 0 Å². The minimum atomic E-state index is -1.96. The van der Waals surface area contributed by atoms with Gasteiger partial charge in [0.25, 0.3) is 0 Å². The number of nitrogens with one attached hydrogen (secondary N) is 1. The molecule has 16 nitrogen and oxygen atoms in total. The first-order valence-electron chi connectivity index (χ1n) is 24.1. The van der Waals surface area contributed by atoms with Gasteiger partial charge in [0, 0.05) is 66.9 Å². The van der Waals surface area contributed by atoms with Crippen LogP contribution in [0.1, 0.15) is 133 Å². The lowest BCUT2D eigenvalue weighted by molar-refractivity contribution is -0.135. The second-order valence-corrected chi connectivity index (χ2v) is 21.6. The molecule has 2 aromatic carbocycles. The van der Waals surface area contributed by atoms with E-state index in [1.807, 2.05) is 73.6 Å². The highest BCUT2D eigenvalue weighted by atomic mass is 31.2. The van der Waals surface area contributed by atoms with Gasteiger partial charge < -0.3 is 63.8 Å². The van der Waals surface area contributed by atoms with Crippen LogP contribution in [0.5, 0.6) is 11.5 Å². The van der Waals surface area contributed by atoms with Crippen molar-refractivity contribution in [2.24, 2.45) is 11.8 Å². The van der Waals surface area contributed by atoms with Gasteiger partial charge >= 0.3 is 17.9 Å². The van der Waals surface area contributed by atoms with Crippen LogP contribution in [0.2, 0.25) is 0 Å². The fraction of sp³-hybridized carbons (Fsp3) is 0.519. The molecular formula is C52H74NO15P3. The summed E-state index contributed by atoms with van der Waals surface area (Å²) < 4.78 is 20.2. The predicted octanol–water partition coefficient (Wildman–Crippen LogP) is 9.03. The number of phenols is 2. The number of hydrogen-bond donors (Lipinski definition) is 9. The molecule has 19 heteroatoms. The van der Waals surface area contributed by atoms with Crippen molar-refractivity contribution >= 4 is 43.0 Å². The van der Waals surface area contributed by atoms with E-state index in [9.17, 15) is 44.4 Å². The standard InChI is InChI=1S/C18H26NO5P.C17H23O5P.C17H25O5P/c1-4-13-12(3)15-10-24-18(21)16(15)17(20)14(13)6-5-11(2)9-19-7-8-25(22)23;1-5-12-11(3)14-8-22-17(19)15(14)16(18)13(12)7-6-10(2)9-23(20)21-4;1-4-11(9-23(20)21)6-7-13-12(5-2)10(3)14-8-22-17(19)15(14)16(13)18/h5,19-20,22-23H,4,6-10H2,1-3H3;6,18,20H,5,7-9H2,1-4H3;6,10,14,18,20-21H,4-5,7-9H2,1-3H3/b11-5+;10-6+;11-6+. The molecule has 9 N–H and O–H groups in total. The maximum atomic E-state index is 11.9. The number of aliphatic hydroxyl groups is 1. The summed E-state index contributed by atoms with van der Waals surface area (Å²) >= 11 is 0.